The molecule has 1 aromatic heterocycles. The molecule has 2 aromatic rings. The molecule has 0 aliphatic carbocycles. The number of nitrogens with zero attached hydrogens (tertiary/aromatic N) is 1. The van der Waals surface area contributed by atoms with Gasteiger partial charge in [0.05, 0.1) is 14.2 Å². The molecule has 26 heavy (non-hydrogen) atoms. The van der Waals surface area contributed by atoms with E-state index >= 15 is 0 Å². The Kier molecular flexibility index (Phi) is 4.88. The Morgan fingerprint density at radius 2 is 1.81 bits per heavy atom. The van der Waals surface area contributed by atoms with Crippen molar-refractivity contribution in [1.29, 1.82) is 0 Å². The summed E-state index contributed by atoms with van der Waals surface area (Å²) >= 11 is 0. The van der Waals surface area contributed by atoms with Gasteiger partial charge < -0.3 is 23.9 Å². The van der Waals surface area contributed by atoms with Crippen LogP contribution >= 0.6 is 0 Å². The summed E-state index contributed by atoms with van der Waals surface area (Å²) in [6.07, 6.45) is 1.09. The lowest BCUT2D eigenvalue weighted by Gasteiger charge is -2.29. The summed E-state index contributed by atoms with van der Waals surface area (Å²) in [6, 6.07) is 5.12. The van der Waals surface area contributed by atoms with Gasteiger partial charge in [0.15, 0.2) is 17.3 Å². The molecule has 0 bridgehead atoms. The van der Waals surface area contributed by atoms with E-state index in [1.165, 1.54) is 6.07 Å². The van der Waals surface area contributed by atoms with E-state index in [2.05, 4.69) is 0 Å². The zero-order valence-corrected chi connectivity index (χ0v) is 15.0. The van der Waals surface area contributed by atoms with E-state index in [0.29, 0.717) is 43.2 Å². The lowest BCUT2D eigenvalue weighted by molar-refractivity contribution is 0.0686. The van der Waals surface area contributed by atoms with Crippen molar-refractivity contribution in [2.24, 2.45) is 0 Å². The van der Waals surface area contributed by atoms with Gasteiger partial charge in [-0.15, -0.1) is 0 Å². The number of amides is 1. The van der Waals surface area contributed by atoms with Crippen molar-refractivity contribution in [3.63, 3.8) is 0 Å². The predicted octanol–water partition coefficient (Wildman–Crippen LogP) is 2.76. The van der Waals surface area contributed by atoms with Gasteiger partial charge in [-0.2, -0.15) is 0 Å². The van der Waals surface area contributed by atoms with Crippen LogP contribution in [0.1, 0.15) is 44.7 Å². The van der Waals surface area contributed by atoms with Crippen molar-refractivity contribution in [3.05, 3.63) is 46.4 Å². The van der Waals surface area contributed by atoms with Gasteiger partial charge in [-0.05, 0) is 29.7 Å². The first-order valence-corrected chi connectivity index (χ1v) is 8.37. The summed E-state index contributed by atoms with van der Waals surface area (Å²) < 4.78 is 16.1. The van der Waals surface area contributed by atoms with E-state index in [0.717, 1.165) is 11.1 Å². The monoisotopic (exact) mass is 359 g/mol. The SMILES string of the molecule is CCc1oc(C(=O)N2CCc3cc(OC)c(OC)cc3C2)cc1C(=O)O. The highest BCUT2D eigenvalue weighted by Crippen LogP contribution is 2.33. The molecular formula is C19H21NO6. The molecule has 7 nitrogen and oxygen atoms in total. The molecular weight excluding hydrogens is 338 g/mol. The zero-order chi connectivity index (χ0) is 18.8. The van der Waals surface area contributed by atoms with E-state index in [1.807, 2.05) is 12.1 Å². The number of benzene rings is 1. The molecule has 1 N–H and O–H groups in total. The highest BCUT2D eigenvalue weighted by molar-refractivity contribution is 5.96. The summed E-state index contributed by atoms with van der Waals surface area (Å²) in [5.41, 5.74) is 2.12. The second kappa shape index (κ2) is 7.11. The minimum atomic E-state index is -1.09. The van der Waals surface area contributed by atoms with Gasteiger partial charge in [0.2, 0.25) is 0 Å². The first-order chi connectivity index (χ1) is 12.5. The lowest BCUT2D eigenvalue weighted by Crippen LogP contribution is -2.35. The van der Waals surface area contributed by atoms with Crippen molar-refractivity contribution in [2.45, 2.75) is 26.3 Å². The molecule has 0 saturated carbocycles. The normalized spacial score (nSPS) is 13.3. The maximum atomic E-state index is 12.8. The molecule has 0 radical (unpaired) electrons. The Bertz CT molecular complexity index is 854. The van der Waals surface area contributed by atoms with Crippen LogP contribution in [0.25, 0.3) is 0 Å². The minimum absolute atomic E-state index is 0.0414. The fourth-order valence-corrected chi connectivity index (χ4v) is 3.19. The number of aryl methyl sites for hydroxylation is 1. The number of fused-ring (bicyclic) bond motifs is 1. The molecule has 7 heteroatoms. The summed E-state index contributed by atoms with van der Waals surface area (Å²) in [5, 5.41) is 9.23. The fraction of sp³-hybridized carbons (Fsp3) is 0.368. The average Bonchev–Trinajstić information content (AvgIpc) is 3.10. The van der Waals surface area contributed by atoms with E-state index in [1.54, 1.807) is 26.0 Å². The minimum Gasteiger partial charge on any atom is -0.493 e. The Morgan fingerprint density at radius 3 is 2.35 bits per heavy atom. The van der Waals surface area contributed by atoms with Gasteiger partial charge in [0.25, 0.3) is 5.91 Å². The van der Waals surface area contributed by atoms with Crippen LogP contribution in [0.15, 0.2) is 22.6 Å². The topological polar surface area (TPSA) is 89.2 Å². The van der Waals surface area contributed by atoms with Crippen molar-refractivity contribution >= 4 is 11.9 Å². The largest absolute Gasteiger partial charge is 0.493 e. The van der Waals surface area contributed by atoms with Crippen LogP contribution in [0.3, 0.4) is 0 Å². The number of rotatable bonds is 5. The highest BCUT2D eigenvalue weighted by atomic mass is 16.5. The molecule has 1 aliphatic heterocycles. The van der Waals surface area contributed by atoms with Crippen molar-refractivity contribution in [1.82, 2.24) is 4.90 Å². The highest BCUT2D eigenvalue weighted by Gasteiger charge is 2.27. The van der Waals surface area contributed by atoms with Crippen molar-refractivity contribution in [3.8, 4) is 11.5 Å². The number of hydrogen-bond acceptors (Lipinski definition) is 5. The third-order valence-electron chi connectivity index (χ3n) is 4.58. The molecule has 0 atom stereocenters. The molecule has 0 fully saturated rings. The summed E-state index contributed by atoms with van der Waals surface area (Å²) in [4.78, 5) is 25.7. The molecule has 2 heterocycles. The van der Waals surface area contributed by atoms with E-state index in [9.17, 15) is 14.7 Å². The predicted molar refractivity (Wildman–Crippen MR) is 93.0 cm³/mol. The number of methoxy groups -OCH3 is 2. The molecule has 138 valence electrons. The number of carboxylic acid groups (broad SMARTS) is 1. The first kappa shape index (κ1) is 17.8. The summed E-state index contributed by atoms with van der Waals surface area (Å²) in [6.45, 7) is 2.71. The first-order valence-electron chi connectivity index (χ1n) is 8.37. The van der Waals surface area contributed by atoms with E-state index < -0.39 is 5.97 Å². The Morgan fingerprint density at radius 1 is 1.15 bits per heavy atom. The number of aromatic carboxylic acids is 1. The number of carboxylic acids is 1. The third-order valence-corrected chi connectivity index (χ3v) is 4.58. The van der Waals surface area contributed by atoms with Crippen LogP contribution in [0.5, 0.6) is 11.5 Å². The third kappa shape index (κ3) is 3.12. The van der Waals surface area contributed by atoms with Gasteiger partial charge in [-0.25, -0.2) is 4.79 Å². The zero-order valence-electron chi connectivity index (χ0n) is 15.0. The van der Waals surface area contributed by atoms with Crippen LogP contribution in [-0.4, -0.2) is 42.6 Å². The van der Waals surface area contributed by atoms with E-state index in [4.69, 9.17) is 13.9 Å². The maximum absolute atomic E-state index is 12.8. The Balaban J connectivity index is 1.86. The van der Waals surface area contributed by atoms with Gasteiger partial charge in [0.1, 0.15) is 11.3 Å². The van der Waals surface area contributed by atoms with Gasteiger partial charge in [-0.1, -0.05) is 6.92 Å². The average molecular weight is 359 g/mol. The quantitative estimate of drug-likeness (QED) is 0.883. The second-order valence-electron chi connectivity index (χ2n) is 6.06. The van der Waals surface area contributed by atoms with Gasteiger partial charge in [-0.3, -0.25) is 4.79 Å². The summed E-state index contributed by atoms with van der Waals surface area (Å²) in [5.74, 6) is 0.238. The summed E-state index contributed by atoms with van der Waals surface area (Å²) in [7, 11) is 3.16. The molecule has 1 amide bonds. The van der Waals surface area contributed by atoms with Crippen LogP contribution in [0.2, 0.25) is 0 Å². The van der Waals surface area contributed by atoms with Crippen LogP contribution in [0, 0.1) is 0 Å². The standard InChI is InChI=1S/C19H21NO6/c1-4-14-13(19(22)23)9-17(26-14)18(21)20-6-5-11-7-15(24-2)16(25-3)8-12(11)10-20/h7-9H,4-6,10H2,1-3H3,(H,22,23). The number of carbonyl (C=O) groups excluding carboxylic acids is 1. The van der Waals surface area contributed by atoms with Crippen LogP contribution in [-0.2, 0) is 19.4 Å². The van der Waals surface area contributed by atoms with Crippen molar-refractivity contribution in [2.75, 3.05) is 20.8 Å². The molecule has 0 saturated heterocycles. The molecule has 1 aromatic carbocycles. The van der Waals surface area contributed by atoms with Gasteiger partial charge >= 0.3 is 5.97 Å². The lowest BCUT2D eigenvalue weighted by atomic mass is 9.98. The number of hydrogen-bond donors (Lipinski definition) is 1. The molecule has 0 spiro atoms. The van der Waals surface area contributed by atoms with Gasteiger partial charge in [0, 0.05) is 25.6 Å². The number of carbonyl (C=O) groups is 2. The maximum Gasteiger partial charge on any atom is 0.339 e. The van der Waals surface area contributed by atoms with Crippen LogP contribution < -0.4 is 9.47 Å². The fourth-order valence-electron chi connectivity index (χ4n) is 3.19. The second-order valence-corrected chi connectivity index (χ2v) is 6.06. The number of ether oxygens (including phenoxy) is 2. The van der Waals surface area contributed by atoms with E-state index in [-0.39, 0.29) is 17.2 Å². The Labute approximate surface area is 151 Å². The molecule has 3 rings (SSSR count). The van der Waals surface area contributed by atoms with Crippen LogP contribution in [0.4, 0.5) is 0 Å². The number of furan rings is 1. The van der Waals surface area contributed by atoms with Crippen molar-refractivity contribution < 1.29 is 28.6 Å². The smallest absolute Gasteiger partial charge is 0.339 e. The Hall–Kier alpha value is -2.96. The molecule has 1 aliphatic rings. The molecule has 0 unspecified atom stereocenters.